The highest BCUT2D eigenvalue weighted by molar-refractivity contribution is 9.11. The van der Waals surface area contributed by atoms with Gasteiger partial charge in [0, 0.05) is 31.2 Å². The van der Waals surface area contributed by atoms with Crippen LogP contribution in [0.5, 0.6) is 0 Å². The topological polar surface area (TPSA) is 71.7 Å². The van der Waals surface area contributed by atoms with Crippen LogP contribution in [0.2, 0.25) is 0 Å². The van der Waals surface area contributed by atoms with Crippen molar-refractivity contribution in [3.05, 3.63) is 20.8 Å². The van der Waals surface area contributed by atoms with Crippen LogP contribution in [-0.4, -0.2) is 32.3 Å². The van der Waals surface area contributed by atoms with Gasteiger partial charge in [-0.25, -0.2) is 5.84 Å². The van der Waals surface area contributed by atoms with Gasteiger partial charge in [-0.3, -0.25) is 10.4 Å². The minimum absolute atomic E-state index is 0.632. The Kier molecular flexibility index (Phi) is 8.81. The summed E-state index contributed by atoms with van der Waals surface area (Å²) in [5.41, 5.74) is 2.58. The van der Waals surface area contributed by atoms with Gasteiger partial charge < -0.3 is 10.1 Å². The molecule has 1 aromatic rings. The quantitative estimate of drug-likeness (QED) is 0.220. The van der Waals surface area contributed by atoms with Crippen molar-refractivity contribution in [2.24, 2.45) is 10.8 Å². The molecule has 1 rings (SSSR count). The molecule has 0 amide bonds. The van der Waals surface area contributed by atoms with Gasteiger partial charge in [0.05, 0.1) is 3.79 Å². The second-order valence-electron chi connectivity index (χ2n) is 3.81. The number of ether oxygens (including phenoxy) is 1. The van der Waals surface area contributed by atoms with E-state index in [9.17, 15) is 0 Å². The molecule has 0 aromatic carbocycles. The molecule has 0 aliphatic heterocycles. The van der Waals surface area contributed by atoms with E-state index in [1.165, 1.54) is 4.88 Å². The summed E-state index contributed by atoms with van der Waals surface area (Å²) in [7, 11) is 0. The van der Waals surface area contributed by atoms with Crippen LogP contribution in [0.25, 0.3) is 0 Å². The average molecular weight is 349 g/mol. The number of thiophene rings is 1. The Labute approximate surface area is 126 Å². The van der Waals surface area contributed by atoms with E-state index in [-0.39, 0.29) is 0 Å². The predicted octanol–water partition coefficient (Wildman–Crippen LogP) is 1.89. The van der Waals surface area contributed by atoms with Crippen LogP contribution in [0.1, 0.15) is 18.2 Å². The molecule has 0 fully saturated rings. The summed E-state index contributed by atoms with van der Waals surface area (Å²) in [6.45, 7) is 4.99. The molecule has 0 bridgehead atoms. The molecule has 5 nitrogen and oxygen atoms in total. The monoisotopic (exact) mass is 348 g/mol. The zero-order valence-electron chi connectivity index (χ0n) is 11.1. The molecule has 7 heteroatoms. The summed E-state index contributed by atoms with van der Waals surface area (Å²) < 4.78 is 6.40. The fourth-order valence-corrected chi connectivity index (χ4v) is 2.93. The molecular weight excluding hydrogens is 328 g/mol. The third kappa shape index (κ3) is 7.51. The van der Waals surface area contributed by atoms with Crippen LogP contribution in [-0.2, 0) is 11.2 Å². The summed E-state index contributed by atoms with van der Waals surface area (Å²) in [5.74, 6) is 6.05. The van der Waals surface area contributed by atoms with Crippen molar-refractivity contribution in [2.75, 3.05) is 26.3 Å². The number of nitrogens with one attached hydrogen (secondary N) is 2. The van der Waals surface area contributed by atoms with E-state index in [2.05, 4.69) is 43.8 Å². The number of rotatable bonds is 8. The molecule has 108 valence electrons. The molecule has 0 unspecified atom stereocenters. The third-order valence-electron chi connectivity index (χ3n) is 2.35. The standard InChI is InChI=1S/C12H21BrN4OS/c1-2-18-9-3-7-15-12(17-14)16-8-6-10-4-5-11(13)19-10/h4-5H,2-3,6-9,14H2,1H3,(H2,15,16,17). The number of halogens is 1. The lowest BCUT2D eigenvalue weighted by Crippen LogP contribution is -2.42. The van der Waals surface area contributed by atoms with E-state index in [4.69, 9.17) is 10.6 Å². The molecule has 4 N–H and O–H groups in total. The van der Waals surface area contributed by atoms with Gasteiger partial charge in [-0.05, 0) is 47.8 Å². The number of hydrogen-bond donors (Lipinski definition) is 3. The van der Waals surface area contributed by atoms with E-state index in [1.54, 1.807) is 11.3 Å². The molecule has 0 spiro atoms. The highest BCUT2D eigenvalue weighted by Crippen LogP contribution is 2.21. The minimum Gasteiger partial charge on any atom is -0.382 e. The lowest BCUT2D eigenvalue weighted by Gasteiger charge is -2.08. The maximum absolute atomic E-state index is 5.42. The molecule has 1 heterocycles. The molecule has 0 atom stereocenters. The molecule has 19 heavy (non-hydrogen) atoms. The Hall–Kier alpha value is -0.630. The molecule has 0 saturated heterocycles. The van der Waals surface area contributed by atoms with Crippen molar-refractivity contribution in [3.63, 3.8) is 0 Å². The smallest absolute Gasteiger partial charge is 0.205 e. The SMILES string of the molecule is CCOCCCN=C(NN)NCCc1ccc(Br)s1. The molecule has 0 saturated carbocycles. The number of hydrazine groups is 1. The summed E-state index contributed by atoms with van der Waals surface area (Å²) >= 11 is 5.19. The summed E-state index contributed by atoms with van der Waals surface area (Å²) in [6.07, 6.45) is 1.86. The highest BCUT2D eigenvalue weighted by atomic mass is 79.9. The molecule has 0 aliphatic rings. The first-order valence-corrected chi connectivity index (χ1v) is 7.94. The normalized spacial score (nSPS) is 11.6. The average Bonchev–Trinajstić information content (AvgIpc) is 2.82. The number of nitrogens with zero attached hydrogens (tertiary/aromatic N) is 1. The fourth-order valence-electron chi connectivity index (χ4n) is 1.44. The van der Waals surface area contributed by atoms with E-state index < -0.39 is 0 Å². The lowest BCUT2D eigenvalue weighted by atomic mass is 10.3. The van der Waals surface area contributed by atoms with Crippen LogP contribution >= 0.6 is 27.3 Å². The third-order valence-corrected chi connectivity index (χ3v) is 4.03. The Morgan fingerprint density at radius 3 is 3.00 bits per heavy atom. The Bertz CT molecular complexity index is 384. The lowest BCUT2D eigenvalue weighted by molar-refractivity contribution is 0.146. The van der Waals surface area contributed by atoms with Gasteiger partial charge in [0.15, 0.2) is 0 Å². The fraction of sp³-hybridized carbons (Fsp3) is 0.583. The first kappa shape index (κ1) is 16.4. The van der Waals surface area contributed by atoms with E-state index in [0.717, 1.165) is 36.4 Å². The summed E-state index contributed by atoms with van der Waals surface area (Å²) in [5, 5.41) is 3.18. The van der Waals surface area contributed by atoms with Crippen molar-refractivity contribution in [1.82, 2.24) is 10.7 Å². The van der Waals surface area contributed by atoms with Crippen LogP contribution in [0, 0.1) is 0 Å². The van der Waals surface area contributed by atoms with Crippen LogP contribution in [0.15, 0.2) is 20.9 Å². The molecule has 0 radical (unpaired) electrons. The van der Waals surface area contributed by atoms with Gasteiger partial charge in [0.1, 0.15) is 0 Å². The van der Waals surface area contributed by atoms with Gasteiger partial charge in [-0.1, -0.05) is 0 Å². The second kappa shape index (κ2) is 10.2. The Morgan fingerprint density at radius 1 is 1.53 bits per heavy atom. The number of aliphatic imine (C=N–C) groups is 1. The maximum Gasteiger partial charge on any atom is 0.205 e. The first-order chi connectivity index (χ1) is 9.26. The number of guanidine groups is 1. The zero-order valence-corrected chi connectivity index (χ0v) is 13.5. The zero-order chi connectivity index (χ0) is 13.9. The van der Waals surface area contributed by atoms with E-state index >= 15 is 0 Å². The predicted molar refractivity (Wildman–Crippen MR) is 84.5 cm³/mol. The van der Waals surface area contributed by atoms with Crippen molar-refractivity contribution in [1.29, 1.82) is 0 Å². The highest BCUT2D eigenvalue weighted by Gasteiger charge is 1.99. The van der Waals surface area contributed by atoms with Gasteiger partial charge in [0.2, 0.25) is 5.96 Å². The number of nitrogens with two attached hydrogens (primary N) is 1. The van der Waals surface area contributed by atoms with Crippen LogP contribution < -0.4 is 16.6 Å². The minimum atomic E-state index is 0.632. The molecule has 1 aromatic heterocycles. The maximum atomic E-state index is 5.42. The van der Waals surface area contributed by atoms with Crippen molar-refractivity contribution in [2.45, 2.75) is 19.8 Å². The van der Waals surface area contributed by atoms with Crippen molar-refractivity contribution in [3.8, 4) is 0 Å². The molecular formula is C12H21BrN4OS. The van der Waals surface area contributed by atoms with Crippen molar-refractivity contribution >= 4 is 33.2 Å². The summed E-state index contributed by atoms with van der Waals surface area (Å²) in [4.78, 5) is 5.66. The van der Waals surface area contributed by atoms with Gasteiger partial charge in [-0.15, -0.1) is 11.3 Å². The number of hydrogen-bond acceptors (Lipinski definition) is 4. The second-order valence-corrected chi connectivity index (χ2v) is 6.36. The largest absolute Gasteiger partial charge is 0.382 e. The van der Waals surface area contributed by atoms with Crippen molar-refractivity contribution < 1.29 is 4.74 Å². The Morgan fingerprint density at radius 2 is 2.37 bits per heavy atom. The van der Waals surface area contributed by atoms with Gasteiger partial charge >= 0.3 is 0 Å². The first-order valence-electron chi connectivity index (χ1n) is 6.33. The Balaban J connectivity index is 2.18. The van der Waals surface area contributed by atoms with Crippen LogP contribution in [0.4, 0.5) is 0 Å². The van der Waals surface area contributed by atoms with Gasteiger partial charge in [-0.2, -0.15) is 0 Å². The summed E-state index contributed by atoms with van der Waals surface area (Å²) in [6, 6.07) is 4.18. The van der Waals surface area contributed by atoms with Gasteiger partial charge in [0.25, 0.3) is 0 Å². The van der Waals surface area contributed by atoms with Crippen LogP contribution in [0.3, 0.4) is 0 Å². The van der Waals surface area contributed by atoms with E-state index in [0.29, 0.717) is 12.5 Å². The molecule has 0 aliphatic carbocycles. The van der Waals surface area contributed by atoms with E-state index in [1.807, 2.05) is 6.92 Å².